The predicted octanol–water partition coefficient (Wildman–Crippen LogP) is 4.72. The monoisotopic (exact) mass is 394 g/mol. The summed E-state index contributed by atoms with van der Waals surface area (Å²) in [7, 11) is 3.03. The van der Waals surface area contributed by atoms with Crippen molar-refractivity contribution in [3.63, 3.8) is 0 Å². The second-order valence-corrected chi connectivity index (χ2v) is 7.25. The number of carbonyl (C=O) groups excluding carboxylic acids is 1. The van der Waals surface area contributed by atoms with Crippen LogP contribution in [-0.2, 0) is 11.2 Å². The lowest BCUT2D eigenvalue weighted by Crippen LogP contribution is -2.15. The average molecular weight is 395 g/mol. The van der Waals surface area contributed by atoms with E-state index in [0.717, 1.165) is 15.6 Å². The summed E-state index contributed by atoms with van der Waals surface area (Å²) in [6.07, 6.45) is 0.177. The molecule has 0 fully saturated rings. The third-order valence-corrected chi connectivity index (χ3v) is 5.60. The van der Waals surface area contributed by atoms with E-state index in [9.17, 15) is 4.79 Å². The SMILES string of the molecule is COc1cc(NC(=O)Cc2csc(-c3cccs3)n2)c(OC)cc1Cl. The third kappa shape index (κ3) is 4.12. The van der Waals surface area contributed by atoms with Gasteiger partial charge in [-0.3, -0.25) is 4.79 Å². The van der Waals surface area contributed by atoms with Crippen LogP contribution in [0.4, 0.5) is 5.69 Å². The number of nitrogens with zero attached hydrogens (tertiary/aromatic N) is 1. The number of halogens is 1. The lowest BCUT2D eigenvalue weighted by atomic mass is 10.2. The molecule has 3 rings (SSSR count). The lowest BCUT2D eigenvalue weighted by molar-refractivity contribution is -0.115. The van der Waals surface area contributed by atoms with Crippen molar-refractivity contribution in [3.05, 3.63) is 45.7 Å². The van der Waals surface area contributed by atoms with Gasteiger partial charge in [0.05, 0.1) is 41.9 Å². The Bertz CT molecular complexity index is 878. The Morgan fingerprint density at radius 1 is 1.24 bits per heavy atom. The van der Waals surface area contributed by atoms with Crippen LogP contribution >= 0.6 is 34.3 Å². The summed E-state index contributed by atoms with van der Waals surface area (Å²) in [5.74, 6) is 0.744. The minimum absolute atomic E-state index is 0.177. The standard InChI is InChI=1S/C17H15ClN2O3S2/c1-22-13-8-12(14(23-2)7-11(13)18)20-16(21)6-10-9-25-17(19-10)15-4-3-5-24-15/h3-5,7-9H,6H2,1-2H3,(H,20,21). The number of ether oxygens (including phenoxy) is 2. The van der Waals surface area contributed by atoms with Crippen LogP contribution < -0.4 is 14.8 Å². The van der Waals surface area contributed by atoms with Crippen molar-refractivity contribution in [2.45, 2.75) is 6.42 Å². The smallest absolute Gasteiger partial charge is 0.230 e. The summed E-state index contributed by atoms with van der Waals surface area (Å²) >= 11 is 9.23. The number of nitrogens with one attached hydrogen (secondary N) is 1. The molecule has 8 heteroatoms. The normalized spacial score (nSPS) is 10.5. The number of benzene rings is 1. The van der Waals surface area contributed by atoms with E-state index >= 15 is 0 Å². The summed E-state index contributed by atoms with van der Waals surface area (Å²) in [5, 5.41) is 8.06. The molecule has 1 amide bonds. The highest BCUT2D eigenvalue weighted by Gasteiger charge is 2.14. The quantitative estimate of drug-likeness (QED) is 0.656. The number of aromatic nitrogens is 1. The zero-order valence-corrected chi connectivity index (χ0v) is 15.9. The maximum Gasteiger partial charge on any atom is 0.230 e. The van der Waals surface area contributed by atoms with Crippen LogP contribution in [0.1, 0.15) is 5.69 Å². The van der Waals surface area contributed by atoms with Crippen molar-refractivity contribution >= 4 is 45.9 Å². The summed E-state index contributed by atoms with van der Waals surface area (Å²) in [4.78, 5) is 18.0. The molecule has 0 unspecified atom stereocenters. The molecule has 0 spiro atoms. The highest BCUT2D eigenvalue weighted by Crippen LogP contribution is 2.36. The molecule has 0 aliphatic rings. The van der Waals surface area contributed by atoms with E-state index in [1.54, 1.807) is 23.5 Å². The first-order chi connectivity index (χ1) is 12.1. The first-order valence-corrected chi connectivity index (χ1v) is 9.44. The molecule has 0 saturated carbocycles. The zero-order valence-electron chi connectivity index (χ0n) is 13.5. The average Bonchev–Trinajstić information content (AvgIpc) is 3.27. The van der Waals surface area contributed by atoms with E-state index in [4.69, 9.17) is 21.1 Å². The van der Waals surface area contributed by atoms with Gasteiger partial charge in [-0.1, -0.05) is 17.7 Å². The lowest BCUT2D eigenvalue weighted by Gasteiger charge is -2.12. The predicted molar refractivity (Wildman–Crippen MR) is 102 cm³/mol. The van der Waals surface area contributed by atoms with Gasteiger partial charge in [0.25, 0.3) is 0 Å². The van der Waals surface area contributed by atoms with Crippen LogP contribution in [0.5, 0.6) is 11.5 Å². The van der Waals surface area contributed by atoms with Gasteiger partial charge in [0.15, 0.2) is 0 Å². The van der Waals surface area contributed by atoms with Crippen LogP contribution in [-0.4, -0.2) is 25.1 Å². The Labute approximate surface area is 158 Å². The van der Waals surface area contributed by atoms with Crippen molar-refractivity contribution in [1.82, 2.24) is 4.98 Å². The van der Waals surface area contributed by atoms with Crippen molar-refractivity contribution in [2.75, 3.05) is 19.5 Å². The molecule has 0 aliphatic carbocycles. The largest absolute Gasteiger partial charge is 0.495 e. The van der Waals surface area contributed by atoms with Crippen LogP contribution in [0, 0.1) is 0 Å². The molecule has 0 radical (unpaired) electrons. The summed E-state index contributed by atoms with van der Waals surface area (Å²) in [6, 6.07) is 7.23. The fourth-order valence-corrected chi connectivity index (χ4v) is 4.08. The molecule has 2 heterocycles. The third-order valence-electron chi connectivity index (χ3n) is 3.37. The van der Waals surface area contributed by atoms with E-state index in [2.05, 4.69) is 10.3 Å². The van der Waals surface area contributed by atoms with Gasteiger partial charge in [-0.05, 0) is 11.4 Å². The summed E-state index contributed by atoms with van der Waals surface area (Å²) in [5.41, 5.74) is 1.23. The minimum Gasteiger partial charge on any atom is -0.495 e. The van der Waals surface area contributed by atoms with Gasteiger partial charge >= 0.3 is 0 Å². The topological polar surface area (TPSA) is 60.5 Å². The Morgan fingerprint density at radius 2 is 2.04 bits per heavy atom. The number of amides is 1. The molecule has 3 aromatic rings. The van der Waals surface area contributed by atoms with Gasteiger partial charge in [-0.15, -0.1) is 22.7 Å². The minimum atomic E-state index is -0.189. The maximum absolute atomic E-state index is 12.4. The Balaban J connectivity index is 1.72. The molecule has 0 saturated heterocycles. The highest BCUT2D eigenvalue weighted by atomic mass is 35.5. The van der Waals surface area contributed by atoms with E-state index in [-0.39, 0.29) is 12.3 Å². The van der Waals surface area contributed by atoms with Crippen molar-refractivity contribution in [1.29, 1.82) is 0 Å². The van der Waals surface area contributed by atoms with E-state index in [1.807, 2.05) is 22.9 Å². The van der Waals surface area contributed by atoms with E-state index < -0.39 is 0 Å². The van der Waals surface area contributed by atoms with Gasteiger partial charge in [0.1, 0.15) is 16.5 Å². The number of thiophene rings is 1. The molecule has 5 nitrogen and oxygen atoms in total. The Morgan fingerprint density at radius 3 is 2.72 bits per heavy atom. The number of carbonyl (C=O) groups is 1. The molecule has 0 bridgehead atoms. The van der Waals surface area contributed by atoms with Crippen molar-refractivity contribution in [3.8, 4) is 21.4 Å². The number of hydrogen-bond acceptors (Lipinski definition) is 6. The number of thiazole rings is 1. The molecule has 0 aliphatic heterocycles. The molecular weight excluding hydrogens is 380 g/mol. The number of hydrogen-bond donors (Lipinski definition) is 1. The van der Waals surface area contributed by atoms with Gasteiger partial charge in [-0.25, -0.2) is 4.98 Å². The molecule has 1 N–H and O–H groups in total. The molecule has 25 heavy (non-hydrogen) atoms. The first kappa shape index (κ1) is 17.7. The van der Waals surface area contributed by atoms with Crippen LogP contribution in [0.15, 0.2) is 35.0 Å². The van der Waals surface area contributed by atoms with Gasteiger partial charge in [-0.2, -0.15) is 0 Å². The summed E-state index contributed by atoms with van der Waals surface area (Å²) < 4.78 is 10.4. The fraction of sp³-hybridized carbons (Fsp3) is 0.176. The second kappa shape index (κ2) is 7.86. The van der Waals surface area contributed by atoms with Crippen LogP contribution in [0.3, 0.4) is 0 Å². The van der Waals surface area contributed by atoms with Gasteiger partial charge < -0.3 is 14.8 Å². The zero-order chi connectivity index (χ0) is 17.8. The van der Waals surface area contributed by atoms with Crippen LogP contribution in [0.25, 0.3) is 9.88 Å². The van der Waals surface area contributed by atoms with E-state index in [1.165, 1.54) is 25.6 Å². The summed E-state index contributed by atoms with van der Waals surface area (Å²) in [6.45, 7) is 0. The fourth-order valence-electron chi connectivity index (χ4n) is 2.22. The number of methoxy groups -OCH3 is 2. The molecule has 130 valence electrons. The molecule has 2 aromatic heterocycles. The Hall–Kier alpha value is -2.09. The molecular formula is C17H15ClN2O3S2. The molecule has 1 aromatic carbocycles. The molecule has 0 atom stereocenters. The van der Waals surface area contributed by atoms with Gasteiger partial charge in [0, 0.05) is 17.5 Å². The van der Waals surface area contributed by atoms with Gasteiger partial charge in [0.2, 0.25) is 5.91 Å². The van der Waals surface area contributed by atoms with E-state index in [0.29, 0.717) is 22.2 Å². The first-order valence-electron chi connectivity index (χ1n) is 7.30. The number of rotatable bonds is 6. The Kier molecular flexibility index (Phi) is 5.57. The maximum atomic E-state index is 12.4. The van der Waals surface area contributed by atoms with Crippen molar-refractivity contribution < 1.29 is 14.3 Å². The highest BCUT2D eigenvalue weighted by molar-refractivity contribution is 7.20. The number of anilines is 1. The van der Waals surface area contributed by atoms with Crippen LogP contribution in [0.2, 0.25) is 5.02 Å². The second-order valence-electron chi connectivity index (χ2n) is 5.03. The van der Waals surface area contributed by atoms with Crippen molar-refractivity contribution in [2.24, 2.45) is 0 Å².